The SMILES string of the molecule is Cc1nc(-c2ccccc2)sc1C(=O)NN=C1CCSCC1. The minimum absolute atomic E-state index is 0.164. The van der Waals surface area contributed by atoms with Gasteiger partial charge in [0.25, 0.3) is 5.91 Å². The standard InChI is InChI=1S/C16H17N3OS2/c1-11-14(15(20)19-18-13-7-9-21-10-8-13)22-16(17-11)12-5-3-2-4-6-12/h2-6H,7-10H2,1H3,(H,19,20). The summed E-state index contributed by atoms with van der Waals surface area (Å²) < 4.78 is 0. The predicted octanol–water partition coefficient (Wildman–Crippen LogP) is 3.73. The van der Waals surface area contributed by atoms with Crippen molar-refractivity contribution in [3.8, 4) is 10.6 Å². The highest BCUT2D eigenvalue weighted by molar-refractivity contribution is 7.99. The topological polar surface area (TPSA) is 54.4 Å². The monoisotopic (exact) mass is 331 g/mol. The lowest BCUT2D eigenvalue weighted by Crippen LogP contribution is -2.21. The highest BCUT2D eigenvalue weighted by Gasteiger charge is 2.16. The number of carbonyl (C=O) groups excluding carboxylic acids is 1. The maximum Gasteiger partial charge on any atom is 0.283 e. The summed E-state index contributed by atoms with van der Waals surface area (Å²) in [6.07, 6.45) is 1.92. The molecule has 2 aromatic rings. The van der Waals surface area contributed by atoms with Gasteiger partial charge in [0.05, 0.1) is 5.69 Å². The molecule has 0 unspecified atom stereocenters. The van der Waals surface area contributed by atoms with Gasteiger partial charge in [-0.3, -0.25) is 4.79 Å². The number of aryl methyl sites for hydroxylation is 1. The molecule has 0 atom stereocenters. The van der Waals surface area contributed by atoms with Gasteiger partial charge in [-0.25, -0.2) is 10.4 Å². The van der Waals surface area contributed by atoms with Crippen molar-refractivity contribution in [2.45, 2.75) is 19.8 Å². The van der Waals surface area contributed by atoms with Crippen LogP contribution in [0.4, 0.5) is 0 Å². The second-order valence-electron chi connectivity index (χ2n) is 5.03. The first kappa shape index (κ1) is 15.2. The lowest BCUT2D eigenvalue weighted by Gasteiger charge is -2.11. The zero-order valence-electron chi connectivity index (χ0n) is 12.3. The van der Waals surface area contributed by atoms with Crippen LogP contribution in [0.5, 0.6) is 0 Å². The lowest BCUT2D eigenvalue weighted by molar-refractivity contribution is 0.0958. The molecule has 1 N–H and O–H groups in total. The molecular formula is C16H17N3OS2. The molecule has 0 saturated carbocycles. The number of hydrogen-bond acceptors (Lipinski definition) is 5. The minimum atomic E-state index is -0.164. The summed E-state index contributed by atoms with van der Waals surface area (Å²) in [5.41, 5.74) is 5.55. The number of benzene rings is 1. The Kier molecular flexibility index (Phi) is 4.90. The Morgan fingerprint density at radius 1 is 1.23 bits per heavy atom. The summed E-state index contributed by atoms with van der Waals surface area (Å²) in [6.45, 7) is 1.86. The van der Waals surface area contributed by atoms with Crippen LogP contribution in [-0.4, -0.2) is 28.1 Å². The molecule has 22 heavy (non-hydrogen) atoms. The number of hydrogen-bond donors (Lipinski definition) is 1. The van der Waals surface area contributed by atoms with Crippen LogP contribution in [-0.2, 0) is 0 Å². The first-order valence-corrected chi connectivity index (χ1v) is 9.17. The van der Waals surface area contributed by atoms with Crippen molar-refractivity contribution in [2.24, 2.45) is 5.10 Å². The Hall–Kier alpha value is -1.66. The number of hydrazone groups is 1. The van der Waals surface area contributed by atoms with Crippen molar-refractivity contribution >= 4 is 34.7 Å². The molecule has 0 spiro atoms. The number of rotatable bonds is 3. The third-order valence-corrected chi connectivity index (χ3v) is 5.60. The van der Waals surface area contributed by atoms with E-state index >= 15 is 0 Å². The van der Waals surface area contributed by atoms with Crippen LogP contribution in [0.2, 0.25) is 0 Å². The first-order chi connectivity index (χ1) is 10.7. The van der Waals surface area contributed by atoms with E-state index in [4.69, 9.17) is 0 Å². The Labute approximate surface area is 138 Å². The number of nitrogens with zero attached hydrogens (tertiary/aromatic N) is 2. The summed E-state index contributed by atoms with van der Waals surface area (Å²) in [4.78, 5) is 17.4. The third-order valence-electron chi connectivity index (χ3n) is 3.41. The van der Waals surface area contributed by atoms with Gasteiger partial charge in [-0.05, 0) is 31.3 Å². The van der Waals surface area contributed by atoms with E-state index in [1.165, 1.54) is 11.3 Å². The number of carbonyl (C=O) groups is 1. The summed E-state index contributed by atoms with van der Waals surface area (Å²) >= 11 is 3.34. The van der Waals surface area contributed by atoms with Gasteiger partial charge in [0.1, 0.15) is 9.88 Å². The molecule has 1 aromatic heterocycles. The molecule has 114 valence electrons. The van der Waals surface area contributed by atoms with Crippen molar-refractivity contribution in [1.29, 1.82) is 0 Å². The molecule has 1 aliphatic heterocycles. The summed E-state index contributed by atoms with van der Waals surface area (Å²) in [6, 6.07) is 9.91. The minimum Gasteiger partial charge on any atom is -0.266 e. The molecule has 0 bridgehead atoms. The molecule has 4 nitrogen and oxygen atoms in total. The zero-order valence-corrected chi connectivity index (χ0v) is 14.0. The van der Waals surface area contributed by atoms with Gasteiger partial charge in [-0.15, -0.1) is 11.3 Å². The van der Waals surface area contributed by atoms with E-state index in [1.54, 1.807) is 0 Å². The van der Waals surface area contributed by atoms with E-state index in [9.17, 15) is 4.79 Å². The van der Waals surface area contributed by atoms with E-state index in [0.29, 0.717) is 4.88 Å². The number of amides is 1. The summed E-state index contributed by atoms with van der Waals surface area (Å²) in [5.74, 6) is 2.02. The van der Waals surface area contributed by atoms with Gasteiger partial charge < -0.3 is 0 Å². The Balaban J connectivity index is 1.74. The maximum atomic E-state index is 12.3. The predicted molar refractivity (Wildman–Crippen MR) is 93.7 cm³/mol. The van der Waals surface area contributed by atoms with Crippen molar-refractivity contribution < 1.29 is 4.79 Å². The van der Waals surface area contributed by atoms with Gasteiger partial charge in [-0.1, -0.05) is 30.3 Å². The van der Waals surface area contributed by atoms with Crippen LogP contribution in [0.15, 0.2) is 35.4 Å². The molecule has 3 rings (SSSR count). The Bertz CT molecular complexity index is 687. The van der Waals surface area contributed by atoms with Gasteiger partial charge in [0, 0.05) is 11.3 Å². The highest BCUT2D eigenvalue weighted by Crippen LogP contribution is 2.27. The van der Waals surface area contributed by atoms with E-state index < -0.39 is 0 Å². The van der Waals surface area contributed by atoms with Crippen molar-refractivity contribution in [3.63, 3.8) is 0 Å². The van der Waals surface area contributed by atoms with E-state index in [-0.39, 0.29) is 5.91 Å². The molecule has 1 aromatic carbocycles. The fraction of sp³-hybridized carbons (Fsp3) is 0.312. The average molecular weight is 331 g/mol. The average Bonchev–Trinajstić information content (AvgIpc) is 2.96. The molecule has 1 amide bonds. The smallest absolute Gasteiger partial charge is 0.266 e. The third kappa shape index (κ3) is 3.56. The maximum absolute atomic E-state index is 12.3. The largest absolute Gasteiger partial charge is 0.283 e. The number of thioether (sulfide) groups is 1. The molecule has 0 aliphatic carbocycles. The van der Waals surface area contributed by atoms with Crippen LogP contribution >= 0.6 is 23.1 Å². The molecule has 1 saturated heterocycles. The normalized spacial score (nSPS) is 14.7. The second kappa shape index (κ2) is 7.07. The molecule has 1 aliphatic rings. The Morgan fingerprint density at radius 2 is 1.95 bits per heavy atom. The fourth-order valence-corrected chi connectivity index (χ4v) is 4.14. The van der Waals surface area contributed by atoms with Crippen LogP contribution < -0.4 is 5.43 Å². The van der Waals surface area contributed by atoms with E-state index in [2.05, 4.69) is 15.5 Å². The van der Waals surface area contributed by atoms with Gasteiger partial charge in [-0.2, -0.15) is 16.9 Å². The van der Waals surface area contributed by atoms with Crippen LogP contribution in [0.3, 0.4) is 0 Å². The van der Waals surface area contributed by atoms with E-state index in [1.807, 2.05) is 49.0 Å². The van der Waals surface area contributed by atoms with Crippen LogP contribution in [0, 0.1) is 6.92 Å². The van der Waals surface area contributed by atoms with Crippen LogP contribution in [0.25, 0.3) is 10.6 Å². The van der Waals surface area contributed by atoms with Gasteiger partial charge >= 0.3 is 0 Å². The quantitative estimate of drug-likeness (QED) is 0.872. The fourth-order valence-electron chi connectivity index (χ4n) is 2.21. The lowest BCUT2D eigenvalue weighted by atomic mass is 10.2. The second-order valence-corrected chi connectivity index (χ2v) is 7.25. The Morgan fingerprint density at radius 3 is 2.68 bits per heavy atom. The molecule has 6 heteroatoms. The molecule has 2 heterocycles. The first-order valence-electron chi connectivity index (χ1n) is 7.20. The van der Waals surface area contributed by atoms with Crippen molar-refractivity contribution in [2.75, 3.05) is 11.5 Å². The summed E-state index contributed by atoms with van der Waals surface area (Å²) in [7, 11) is 0. The number of nitrogens with one attached hydrogen (secondary N) is 1. The van der Waals surface area contributed by atoms with Crippen LogP contribution in [0.1, 0.15) is 28.2 Å². The highest BCUT2D eigenvalue weighted by atomic mass is 32.2. The van der Waals surface area contributed by atoms with Crippen molar-refractivity contribution in [3.05, 3.63) is 40.9 Å². The van der Waals surface area contributed by atoms with Gasteiger partial charge in [0.2, 0.25) is 0 Å². The van der Waals surface area contributed by atoms with Crippen molar-refractivity contribution in [1.82, 2.24) is 10.4 Å². The number of aromatic nitrogens is 1. The summed E-state index contributed by atoms with van der Waals surface area (Å²) in [5, 5.41) is 5.13. The number of thiazole rings is 1. The molecule has 0 radical (unpaired) electrons. The molecule has 1 fully saturated rings. The van der Waals surface area contributed by atoms with E-state index in [0.717, 1.165) is 46.3 Å². The molecular weight excluding hydrogens is 314 g/mol. The van der Waals surface area contributed by atoms with Gasteiger partial charge in [0.15, 0.2) is 0 Å². The zero-order chi connectivity index (χ0) is 15.4.